The van der Waals surface area contributed by atoms with Crippen LogP contribution in [-0.4, -0.2) is 38.6 Å². The van der Waals surface area contributed by atoms with Gasteiger partial charge < -0.3 is 4.74 Å². The van der Waals surface area contributed by atoms with E-state index in [1.807, 2.05) is 0 Å². The molecule has 7 heteroatoms. The molecule has 0 saturated heterocycles. The minimum Gasteiger partial charge on any atom is -0.423 e. The average Bonchev–Trinajstić information content (AvgIpc) is 2.61. The quantitative estimate of drug-likeness (QED) is 0.440. The molecule has 0 aromatic heterocycles. The molecule has 0 heterocycles. The zero-order valence-electron chi connectivity index (χ0n) is 15.1. The molecule has 0 aliphatic heterocycles. The van der Waals surface area contributed by atoms with Crippen LogP contribution < -0.4 is 4.74 Å². The first-order valence-corrected chi connectivity index (χ1v) is 9.49. The van der Waals surface area contributed by atoms with E-state index in [4.69, 9.17) is 4.74 Å². The zero-order valence-corrected chi connectivity index (χ0v) is 16.0. The molecule has 0 spiro atoms. The van der Waals surface area contributed by atoms with Gasteiger partial charge in [0.25, 0.3) is 0 Å². The van der Waals surface area contributed by atoms with Crippen LogP contribution in [0.15, 0.2) is 47.4 Å². The highest BCUT2D eigenvalue weighted by Gasteiger charge is 2.21. The molecule has 0 N–H and O–H groups in total. The third kappa shape index (κ3) is 4.17. The summed E-state index contributed by atoms with van der Waals surface area (Å²) < 4.78 is 30.9. The van der Waals surface area contributed by atoms with Crippen molar-refractivity contribution in [1.82, 2.24) is 4.31 Å². The fourth-order valence-corrected chi connectivity index (χ4v) is 3.20. The van der Waals surface area contributed by atoms with Gasteiger partial charge in [0.2, 0.25) is 10.0 Å². The van der Waals surface area contributed by atoms with Gasteiger partial charge in [-0.1, -0.05) is 13.0 Å². The molecular formula is C19H21NO5S. The van der Waals surface area contributed by atoms with E-state index in [2.05, 4.69) is 0 Å². The summed E-state index contributed by atoms with van der Waals surface area (Å²) in [6, 6.07) is 10.6. The van der Waals surface area contributed by atoms with E-state index in [0.717, 1.165) is 4.31 Å². The van der Waals surface area contributed by atoms with E-state index in [-0.39, 0.29) is 22.0 Å². The molecule has 0 aliphatic rings. The van der Waals surface area contributed by atoms with Crippen LogP contribution in [0.3, 0.4) is 0 Å². The number of hydrogen-bond acceptors (Lipinski definition) is 5. The molecule has 2 aromatic rings. The van der Waals surface area contributed by atoms with Gasteiger partial charge >= 0.3 is 5.97 Å². The van der Waals surface area contributed by atoms with Gasteiger partial charge in [0.1, 0.15) is 5.75 Å². The van der Waals surface area contributed by atoms with Gasteiger partial charge in [-0.3, -0.25) is 4.79 Å². The van der Waals surface area contributed by atoms with E-state index in [9.17, 15) is 18.0 Å². The molecule has 26 heavy (non-hydrogen) atoms. The van der Waals surface area contributed by atoms with Crippen molar-refractivity contribution in [3.05, 3.63) is 59.2 Å². The van der Waals surface area contributed by atoms with E-state index in [0.29, 0.717) is 17.5 Å². The predicted molar refractivity (Wildman–Crippen MR) is 98.1 cm³/mol. The molecule has 0 aliphatic carbocycles. The highest BCUT2D eigenvalue weighted by atomic mass is 32.2. The number of benzene rings is 2. The Hall–Kier alpha value is -2.51. The maximum absolute atomic E-state index is 12.5. The van der Waals surface area contributed by atoms with Gasteiger partial charge in [-0.15, -0.1) is 0 Å². The van der Waals surface area contributed by atoms with Crippen LogP contribution in [0.5, 0.6) is 5.75 Å². The Morgan fingerprint density at radius 3 is 2.19 bits per heavy atom. The Kier molecular flexibility index (Phi) is 5.94. The lowest BCUT2D eigenvalue weighted by Gasteiger charge is -2.13. The Bertz CT molecular complexity index is 931. The van der Waals surface area contributed by atoms with Gasteiger partial charge in [-0.2, -0.15) is 0 Å². The molecule has 2 aromatic carbocycles. The maximum atomic E-state index is 12.5. The Labute approximate surface area is 153 Å². The molecule has 0 unspecified atom stereocenters. The van der Waals surface area contributed by atoms with Crippen LogP contribution in [0.2, 0.25) is 0 Å². The number of ether oxygens (including phenoxy) is 1. The maximum Gasteiger partial charge on any atom is 0.343 e. The van der Waals surface area contributed by atoms with Crippen LogP contribution >= 0.6 is 0 Å². The lowest BCUT2D eigenvalue weighted by Crippen LogP contribution is -2.23. The van der Waals surface area contributed by atoms with Gasteiger partial charge in [-0.05, 0) is 48.9 Å². The van der Waals surface area contributed by atoms with Crippen molar-refractivity contribution >= 4 is 21.8 Å². The van der Waals surface area contributed by atoms with Crippen molar-refractivity contribution in [2.24, 2.45) is 0 Å². The third-order valence-corrected chi connectivity index (χ3v) is 5.73. The molecular weight excluding hydrogens is 354 g/mol. The summed E-state index contributed by atoms with van der Waals surface area (Å²) in [5.74, 6) is -0.379. The third-order valence-electron chi connectivity index (χ3n) is 3.92. The lowest BCUT2D eigenvalue weighted by molar-refractivity contribution is 0.0733. The molecule has 0 amide bonds. The summed E-state index contributed by atoms with van der Waals surface area (Å²) >= 11 is 0. The van der Waals surface area contributed by atoms with E-state index in [1.165, 1.54) is 38.4 Å². The Morgan fingerprint density at radius 1 is 1.04 bits per heavy atom. The summed E-state index contributed by atoms with van der Waals surface area (Å²) in [4.78, 5) is 24.1. The van der Waals surface area contributed by atoms with Gasteiger partial charge in [0.05, 0.1) is 10.5 Å². The van der Waals surface area contributed by atoms with Gasteiger partial charge in [-0.25, -0.2) is 17.5 Å². The monoisotopic (exact) mass is 375 g/mol. The number of sulfonamides is 1. The molecule has 0 atom stereocenters. The molecule has 138 valence electrons. The van der Waals surface area contributed by atoms with Crippen molar-refractivity contribution in [3.8, 4) is 5.75 Å². The highest BCUT2D eigenvalue weighted by Crippen LogP contribution is 2.21. The fraction of sp³-hybridized carbons (Fsp3) is 0.263. The van der Waals surface area contributed by atoms with Gasteiger partial charge in [0.15, 0.2) is 5.78 Å². The summed E-state index contributed by atoms with van der Waals surface area (Å²) in [5.41, 5.74) is 1.31. The van der Waals surface area contributed by atoms with Crippen molar-refractivity contribution in [1.29, 1.82) is 0 Å². The second kappa shape index (κ2) is 7.80. The lowest BCUT2D eigenvalue weighted by atomic mass is 10.1. The second-order valence-corrected chi connectivity index (χ2v) is 8.11. The number of carbonyl (C=O) groups excluding carboxylic acids is 2. The van der Waals surface area contributed by atoms with Crippen LogP contribution in [0.1, 0.15) is 39.6 Å². The Morgan fingerprint density at radius 2 is 1.65 bits per heavy atom. The average molecular weight is 375 g/mol. The standard InChI is InChI=1S/C19H21NO5S/c1-5-18(21)14-7-9-15(10-8-14)25-19(22)17-12-16(11-6-13(17)2)26(23,24)20(3)4/h6-12H,5H2,1-4H3. The van der Waals surface area contributed by atoms with Crippen LogP contribution in [0.25, 0.3) is 0 Å². The molecule has 0 bridgehead atoms. The number of aryl methyl sites for hydroxylation is 1. The van der Waals surface area contributed by atoms with Crippen LogP contribution in [0.4, 0.5) is 0 Å². The highest BCUT2D eigenvalue weighted by molar-refractivity contribution is 7.89. The molecule has 2 rings (SSSR count). The molecule has 0 saturated carbocycles. The first-order chi connectivity index (χ1) is 12.2. The van der Waals surface area contributed by atoms with Crippen LogP contribution in [-0.2, 0) is 10.0 Å². The largest absolute Gasteiger partial charge is 0.423 e. The summed E-state index contributed by atoms with van der Waals surface area (Å²) in [5, 5.41) is 0. The first kappa shape index (κ1) is 19.8. The first-order valence-electron chi connectivity index (χ1n) is 8.05. The van der Waals surface area contributed by atoms with Crippen LogP contribution in [0, 0.1) is 6.92 Å². The fourth-order valence-electron chi connectivity index (χ4n) is 2.27. The minimum atomic E-state index is -3.65. The zero-order chi connectivity index (χ0) is 19.5. The number of hydrogen-bond donors (Lipinski definition) is 0. The van der Waals surface area contributed by atoms with Crippen molar-refractivity contribution in [2.75, 3.05) is 14.1 Å². The van der Waals surface area contributed by atoms with E-state index in [1.54, 1.807) is 32.0 Å². The van der Waals surface area contributed by atoms with Crippen molar-refractivity contribution in [3.63, 3.8) is 0 Å². The number of ketones is 1. The predicted octanol–water partition coefficient (Wildman–Crippen LogP) is 3.06. The minimum absolute atomic E-state index is 0.000291. The summed E-state index contributed by atoms with van der Waals surface area (Å²) in [7, 11) is -0.807. The number of Topliss-reactive ketones (excluding diaryl/α,β-unsaturated/α-hetero) is 1. The van der Waals surface area contributed by atoms with E-state index < -0.39 is 16.0 Å². The number of nitrogens with zero attached hydrogens (tertiary/aromatic N) is 1. The molecule has 6 nitrogen and oxygen atoms in total. The number of carbonyl (C=O) groups is 2. The van der Waals surface area contributed by atoms with Gasteiger partial charge in [0, 0.05) is 26.1 Å². The topological polar surface area (TPSA) is 80.8 Å². The number of rotatable bonds is 6. The Balaban J connectivity index is 2.28. The molecule has 0 radical (unpaired) electrons. The molecule has 0 fully saturated rings. The van der Waals surface area contributed by atoms with Crippen molar-refractivity contribution in [2.45, 2.75) is 25.2 Å². The SMILES string of the molecule is CCC(=O)c1ccc(OC(=O)c2cc(S(=O)(=O)N(C)C)ccc2C)cc1. The van der Waals surface area contributed by atoms with Crippen molar-refractivity contribution < 1.29 is 22.7 Å². The summed E-state index contributed by atoms with van der Waals surface area (Å²) in [6.07, 6.45) is 0.394. The normalized spacial score (nSPS) is 11.4. The second-order valence-electron chi connectivity index (χ2n) is 5.95. The number of esters is 1. The van der Waals surface area contributed by atoms with E-state index >= 15 is 0 Å². The summed E-state index contributed by atoms with van der Waals surface area (Å²) in [6.45, 7) is 3.47. The smallest absolute Gasteiger partial charge is 0.343 e.